The molecular formula is C13H18BrN3. The number of nitrogens with zero attached hydrogens (tertiary/aromatic N) is 2. The zero-order chi connectivity index (χ0) is 12.6. The minimum absolute atomic E-state index is 0.00331. The minimum Gasteiger partial charge on any atom is -0.324 e. The first-order chi connectivity index (χ1) is 8.04. The third kappa shape index (κ3) is 2.24. The van der Waals surface area contributed by atoms with Gasteiger partial charge in [-0.25, -0.2) is 4.98 Å². The first kappa shape index (κ1) is 12.6. The average Bonchev–Trinajstić information content (AvgIpc) is 2.66. The molecule has 0 aliphatic carbocycles. The largest absolute Gasteiger partial charge is 0.324 e. The molecule has 0 amide bonds. The van der Waals surface area contributed by atoms with Crippen LogP contribution in [-0.4, -0.2) is 9.55 Å². The maximum absolute atomic E-state index is 6.14. The molecule has 0 saturated heterocycles. The normalized spacial score (nSPS) is 13.5. The van der Waals surface area contributed by atoms with Gasteiger partial charge in [-0.15, -0.1) is 0 Å². The molecule has 0 aliphatic heterocycles. The number of nitrogens with two attached hydrogens (primary N) is 1. The molecule has 0 saturated carbocycles. The zero-order valence-electron chi connectivity index (χ0n) is 10.4. The second-order valence-corrected chi connectivity index (χ2v) is 5.50. The molecule has 1 unspecified atom stereocenters. The van der Waals surface area contributed by atoms with Gasteiger partial charge in [0.2, 0.25) is 0 Å². The zero-order valence-corrected chi connectivity index (χ0v) is 12.0. The van der Waals surface area contributed by atoms with Crippen LogP contribution in [0.25, 0.3) is 11.0 Å². The molecule has 0 aliphatic rings. The Hall–Kier alpha value is -0.870. The maximum Gasteiger partial charge on any atom is 0.127 e. The van der Waals surface area contributed by atoms with Crippen LogP contribution in [0.3, 0.4) is 0 Å². The number of hydrogen-bond donors (Lipinski definition) is 1. The Morgan fingerprint density at radius 1 is 1.41 bits per heavy atom. The summed E-state index contributed by atoms with van der Waals surface area (Å²) in [4.78, 5) is 4.67. The third-order valence-corrected chi connectivity index (χ3v) is 3.46. The van der Waals surface area contributed by atoms with Gasteiger partial charge >= 0.3 is 0 Å². The predicted molar refractivity (Wildman–Crippen MR) is 75.0 cm³/mol. The summed E-state index contributed by atoms with van der Waals surface area (Å²) in [7, 11) is 0. The smallest absolute Gasteiger partial charge is 0.127 e. The number of imidazole rings is 1. The molecule has 0 bridgehead atoms. The Labute approximate surface area is 110 Å². The molecule has 1 aromatic carbocycles. The van der Waals surface area contributed by atoms with Crippen molar-refractivity contribution in [3.05, 3.63) is 28.5 Å². The summed E-state index contributed by atoms with van der Waals surface area (Å²) < 4.78 is 3.28. The Bertz CT molecular complexity index is 531. The standard InChI is InChI=1S/C13H18BrN3/c1-4-10(15)13-16-11-7-9(14)5-6-12(11)17(13)8(2)3/h5-8,10H,4,15H2,1-3H3. The summed E-state index contributed by atoms with van der Waals surface area (Å²) >= 11 is 3.48. The van der Waals surface area contributed by atoms with Crippen LogP contribution in [0, 0.1) is 0 Å². The lowest BCUT2D eigenvalue weighted by Gasteiger charge is -2.16. The summed E-state index contributed by atoms with van der Waals surface area (Å²) in [6.07, 6.45) is 0.900. The molecule has 0 radical (unpaired) electrons. The van der Waals surface area contributed by atoms with Gasteiger partial charge in [0.05, 0.1) is 17.1 Å². The number of benzene rings is 1. The van der Waals surface area contributed by atoms with Crippen LogP contribution in [0.2, 0.25) is 0 Å². The first-order valence-electron chi connectivity index (χ1n) is 5.97. The molecule has 4 heteroatoms. The Kier molecular flexibility index (Phi) is 3.54. The van der Waals surface area contributed by atoms with Gasteiger partial charge in [0, 0.05) is 10.5 Å². The molecule has 0 fully saturated rings. The molecule has 1 aromatic heterocycles. The van der Waals surface area contributed by atoms with Gasteiger partial charge in [0.25, 0.3) is 0 Å². The molecule has 0 spiro atoms. The molecular weight excluding hydrogens is 278 g/mol. The van der Waals surface area contributed by atoms with Crippen molar-refractivity contribution in [2.24, 2.45) is 5.73 Å². The van der Waals surface area contributed by atoms with Crippen molar-refractivity contribution in [3.8, 4) is 0 Å². The lowest BCUT2D eigenvalue weighted by molar-refractivity contribution is 0.535. The van der Waals surface area contributed by atoms with E-state index in [2.05, 4.69) is 52.3 Å². The van der Waals surface area contributed by atoms with Crippen molar-refractivity contribution in [1.82, 2.24) is 9.55 Å². The SMILES string of the molecule is CCC(N)c1nc2cc(Br)ccc2n1C(C)C. The predicted octanol–water partition coefficient (Wildman–Crippen LogP) is 3.79. The van der Waals surface area contributed by atoms with Crippen LogP contribution in [0.15, 0.2) is 22.7 Å². The lowest BCUT2D eigenvalue weighted by atomic mass is 10.2. The second-order valence-electron chi connectivity index (χ2n) is 4.58. The Morgan fingerprint density at radius 3 is 2.71 bits per heavy atom. The highest BCUT2D eigenvalue weighted by molar-refractivity contribution is 9.10. The highest BCUT2D eigenvalue weighted by Gasteiger charge is 2.17. The summed E-state index contributed by atoms with van der Waals surface area (Å²) in [5, 5.41) is 0. The number of rotatable bonds is 3. The number of aromatic nitrogens is 2. The molecule has 1 atom stereocenters. The summed E-state index contributed by atoms with van der Waals surface area (Å²) in [5.74, 6) is 0.982. The molecule has 1 heterocycles. The van der Waals surface area contributed by atoms with Crippen LogP contribution in [0.5, 0.6) is 0 Å². The average molecular weight is 296 g/mol. The van der Waals surface area contributed by atoms with Gasteiger partial charge in [-0.05, 0) is 38.5 Å². The second kappa shape index (κ2) is 4.78. The van der Waals surface area contributed by atoms with Crippen molar-refractivity contribution >= 4 is 27.0 Å². The van der Waals surface area contributed by atoms with E-state index in [1.54, 1.807) is 0 Å². The van der Waals surface area contributed by atoms with Crippen LogP contribution in [0.1, 0.15) is 45.1 Å². The first-order valence-corrected chi connectivity index (χ1v) is 6.76. The van der Waals surface area contributed by atoms with E-state index in [1.807, 2.05) is 12.1 Å². The fraction of sp³-hybridized carbons (Fsp3) is 0.462. The van der Waals surface area contributed by atoms with Gasteiger partial charge in [0.15, 0.2) is 0 Å². The Morgan fingerprint density at radius 2 is 2.12 bits per heavy atom. The van der Waals surface area contributed by atoms with E-state index in [0.717, 1.165) is 27.8 Å². The monoisotopic (exact) mass is 295 g/mol. The third-order valence-electron chi connectivity index (χ3n) is 2.97. The number of halogens is 1. The maximum atomic E-state index is 6.14. The van der Waals surface area contributed by atoms with Gasteiger partial charge in [-0.3, -0.25) is 0 Å². The van der Waals surface area contributed by atoms with Crippen molar-refractivity contribution in [1.29, 1.82) is 0 Å². The van der Waals surface area contributed by atoms with Crippen LogP contribution in [-0.2, 0) is 0 Å². The molecule has 17 heavy (non-hydrogen) atoms. The Balaban J connectivity index is 2.70. The van der Waals surface area contributed by atoms with Crippen molar-refractivity contribution < 1.29 is 0 Å². The van der Waals surface area contributed by atoms with Gasteiger partial charge < -0.3 is 10.3 Å². The summed E-state index contributed by atoms with van der Waals surface area (Å²) in [6, 6.07) is 6.56. The van der Waals surface area contributed by atoms with E-state index < -0.39 is 0 Å². The fourth-order valence-electron chi connectivity index (χ4n) is 2.08. The van der Waals surface area contributed by atoms with E-state index in [1.165, 1.54) is 0 Å². The van der Waals surface area contributed by atoms with Gasteiger partial charge in [0.1, 0.15) is 5.82 Å². The van der Waals surface area contributed by atoms with Crippen molar-refractivity contribution in [2.45, 2.75) is 39.3 Å². The molecule has 2 N–H and O–H groups in total. The van der Waals surface area contributed by atoms with Crippen LogP contribution in [0.4, 0.5) is 0 Å². The summed E-state index contributed by atoms with van der Waals surface area (Å²) in [5.41, 5.74) is 8.30. The lowest BCUT2D eigenvalue weighted by Crippen LogP contribution is -2.17. The minimum atomic E-state index is 0.00331. The topological polar surface area (TPSA) is 43.8 Å². The van der Waals surface area contributed by atoms with E-state index in [9.17, 15) is 0 Å². The molecule has 2 aromatic rings. The van der Waals surface area contributed by atoms with Crippen molar-refractivity contribution in [3.63, 3.8) is 0 Å². The van der Waals surface area contributed by atoms with Crippen molar-refractivity contribution in [2.75, 3.05) is 0 Å². The van der Waals surface area contributed by atoms with Crippen LogP contribution >= 0.6 is 15.9 Å². The summed E-state index contributed by atoms with van der Waals surface area (Å²) in [6.45, 7) is 6.41. The van der Waals surface area contributed by atoms with E-state index >= 15 is 0 Å². The molecule has 2 rings (SSSR count). The number of hydrogen-bond acceptors (Lipinski definition) is 2. The molecule has 92 valence electrons. The highest BCUT2D eigenvalue weighted by atomic mass is 79.9. The van der Waals surface area contributed by atoms with Crippen LogP contribution < -0.4 is 5.73 Å². The van der Waals surface area contributed by atoms with E-state index in [4.69, 9.17) is 5.73 Å². The quantitative estimate of drug-likeness (QED) is 0.936. The fourth-order valence-corrected chi connectivity index (χ4v) is 2.43. The highest BCUT2D eigenvalue weighted by Crippen LogP contribution is 2.27. The molecule has 3 nitrogen and oxygen atoms in total. The van der Waals surface area contributed by atoms with Gasteiger partial charge in [-0.2, -0.15) is 0 Å². The van der Waals surface area contributed by atoms with Gasteiger partial charge in [-0.1, -0.05) is 22.9 Å². The van der Waals surface area contributed by atoms with E-state index in [0.29, 0.717) is 6.04 Å². The van der Waals surface area contributed by atoms with E-state index in [-0.39, 0.29) is 6.04 Å². The number of fused-ring (bicyclic) bond motifs is 1.